The smallest absolute Gasteiger partial charge is 0.261 e. The van der Waals surface area contributed by atoms with Crippen molar-refractivity contribution in [2.24, 2.45) is 0 Å². The van der Waals surface area contributed by atoms with E-state index in [1.807, 2.05) is 5.38 Å². The minimum Gasteiger partial charge on any atom is -0.351 e. The highest BCUT2D eigenvalue weighted by molar-refractivity contribution is 7.12. The van der Waals surface area contributed by atoms with Crippen LogP contribution in [0.1, 0.15) is 28.1 Å². The quantitative estimate of drug-likeness (QED) is 0.778. The van der Waals surface area contributed by atoms with Gasteiger partial charge in [-0.15, -0.1) is 11.3 Å². The molecule has 0 saturated carbocycles. The van der Waals surface area contributed by atoms with Gasteiger partial charge in [0.1, 0.15) is 11.6 Å². The summed E-state index contributed by atoms with van der Waals surface area (Å²) in [5.41, 5.74) is 0.262. The lowest BCUT2D eigenvalue weighted by atomic mass is 10.2. The maximum atomic E-state index is 13.6. The number of halogens is 2. The molecule has 0 aliphatic carbocycles. The van der Waals surface area contributed by atoms with Crippen LogP contribution in [0.2, 0.25) is 0 Å². The zero-order valence-corrected chi connectivity index (χ0v) is 14.0. The van der Waals surface area contributed by atoms with Crippen molar-refractivity contribution in [2.75, 3.05) is 13.6 Å². The summed E-state index contributed by atoms with van der Waals surface area (Å²) in [5.74, 6) is -1.63. The Morgan fingerprint density at radius 1 is 1.25 bits per heavy atom. The van der Waals surface area contributed by atoms with Gasteiger partial charge in [0, 0.05) is 38.2 Å². The number of nitrogens with zero attached hydrogens (tertiary/aromatic N) is 1. The zero-order valence-electron chi connectivity index (χ0n) is 13.2. The van der Waals surface area contributed by atoms with E-state index in [2.05, 4.69) is 5.32 Å². The van der Waals surface area contributed by atoms with Gasteiger partial charge in [0.05, 0.1) is 4.88 Å². The molecule has 1 heterocycles. The molecule has 0 spiro atoms. The Hall–Kier alpha value is -2.28. The normalized spacial score (nSPS) is 10.5. The molecule has 2 rings (SSSR count). The molecule has 0 radical (unpaired) electrons. The van der Waals surface area contributed by atoms with Gasteiger partial charge in [-0.05, 0) is 23.9 Å². The summed E-state index contributed by atoms with van der Waals surface area (Å²) in [7, 11) is 1.56. The van der Waals surface area contributed by atoms with Crippen LogP contribution in [0.3, 0.4) is 0 Å². The van der Waals surface area contributed by atoms with E-state index in [1.165, 1.54) is 22.3 Å². The van der Waals surface area contributed by atoms with Crippen molar-refractivity contribution < 1.29 is 18.4 Å². The number of hydrogen-bond acceptors (Lipinski definition) is 3. The van der Waals surface area contributed by atoms with Crippen LogP contribution in [0.4, 0.5) is 8.78 Å². The van der Waals surface area contributed by atoms with Gasteiger partial charge in [-0.1, -0.05) is 12.1 Å². The number of benzene rings is 1. The summed E-state index contributed by atoms with van der Waals surface area (Å²) < 4.78 is 26.4. The van der Waals surface area contributed by atoms with E-state index in [4.69, 9.17) is 0 Å². The van der Waals surface area contributed by atoms with E-state index < -0.39 is 11.6 Å². The summed E-state index contributed by atoms with van der Waals surface area (Å²) in [6, 6.07) is 6.82. The van der Waals surface area contributed by atoms with Crippen LogP contribution in [0.25, 0.3) is 0 Å². The summed E-state index contributed by atoms with van der Waals surface area (Å²) >= 11 is 1.35. The Morgan fingerprint density at radius 3 is 2.71 bits per heavy atom. The van der Waals surface area contributed by atoms with E-state index in [-0.39, 0.29) is 30.3 Å². The van der Waals surface area contributed by atoms with Crippen molar-refractivity contribution in [3.8, 4) is 0 Å². The second-order valence-electron chi connectivity index (χ2n) is 5.32. The molecule has 2 aromatic rings. The van der Waals surface area contributed by atoms with Crippen LogP contribution in [-0.2, 0) is 11.3 Å². The second kappa shape index (κ2) is 8.54. The van der Waals surface area contributed by atoms with Gasteiger partial charge in [-0.3, -0.25) is 9.59 Å². The van der Waals surface area contributed by atoms with Crippen molar-refractivity contribution >= 4 is 23.2 Å². The molecule has 2 amide bonds. The Labute approximate surface area is 143 Å². The maximum Gasteiger partial charge on any atom is 0.261 e. The van der Waals surface area contributed by atoms with E-state index in [1.54, 1.807) is 19.2 Å². The number of carbonyl (C=O) groups excluding carboxylic acids is 2. The summed E-state index contributed by atoms with van der Waals surface area (Å²) in [4.78, 5) is 25.8. The predicted molar refractivity (Wildman–Crippen MR) is 88.7 cm³/mol. The fourth-order valence-electron chi connectivity index (χ4n) is 2.12. The largest absolute Gasteiger partial charge is 0.351 e. The fourth-order valence-corrected chi connectivity index (χ4v) is 2.76. The van der Waals surface area contributed by atoms with Crippen LogP contribution >= 0.6 is 11.3 Å². The molecule has 0 aliphatic rings. The van der Waals surface area contributed by atoms with Gasteiger partial charge < -0.3 is 10.2 Å². The lowest BCUT2D eigenvalue weighted by Gasteiger charge is -2.17. The van der Waals surface area contributed by atoms with Crippen molar-refractivity contribution in [3.63, 3.8) is 0 Å². The fraction of sp³-hybridized carbons (Fsp3) is 0.294. The Balaban J connectivity index is 1.72. The third-order valence-corrected chi connectivity index (χ3v) is 4.31. The first-order valence-corrected chi connectivity index (χ1v) is 8.35. The molecule has 0 fully saturated rings. The maximum absolute atomic E-state index is 13.6. The van der Waals surface area contributed by atoms with E-state index in [0.29, 0.717) is 17.8 Å². The van der Waals surface area contributed by atoms with Gasteiger partial charge in [0.25, 0.3) is 5.91 Å². The highest BCUT2D eigenvalue weighted by Gasteiger charge is 2.12. The molecule has 0 atom stereocenters. The van der Waals surface area contributed by atoms with Crippen LogP contribution < -0.4 is 5.32 Å². The summed E-state index contributed by atoms with van der Waals surface area (Å²) in [5, 5.41) is 4.56. The van der Waals surface area contributed by atoms with E-state index in [9.17, 15) is 18.4 Å². The predicted octanol–water partition coefficient (Wildman–Crippen LogP) is 3.19. The van der Waals surface area contributed by atoms with Crippen molar-refractivity contribution in [1.82, 2.24) is 10.2 Å². The van der Waals surface area contributed by atoms with Gasteiger partial charge in [-0.25, -0.2) is 8.78 Å². The molecule has 0 unspecified atom stereocenters. The van der Waals surface area contributed by atoms with Crippen LogP contribution in [0.5, 0.6) is 0 Å². The van der Waals surface area contributed by atoms with Crippen molar-refractivity contribution in [3.05, 3.63) is 57.8 Å². The van der Waals surface area contributed by atoms with Crippen LogP contribution in [-0.4, -0.2) is 30.3 Å². The molecule has 1 aromatic carbocycles. The molecule has 4 nitrogen and oxygen atoms in total. The first kappa shape index (κ1) is 18.1. The highest BCUT2D eigenvalue weighted by atomic mass is 32.1. The average Bonchev–Trinajstić information content (AvgIpc) is 3.08. The second-order valence-corrected chi connectivity index (χ2v) is 6.27. The number of amides is 2. The zero-order chi connectivity index (χ0) is 17.5. The van der Waals surface area contributed by atoms with Gasteiger partial charge in [0.2, 0.25) is 5.91 Å². The molecule has 24 heavy (non-hydrogen) atoms. The molecule has 0 bridgehead atoms. The van der Waals surface area contributed by atoms with E-state index >= 15 is 0 Å². The molecule has 0 saturated heterocycles. The molecule has 0 aliphatic heterocycles. The first-order chi connectivity index (χ1) is 11.5. The van der Waals surface area contributed by atoms with Gasteiger partial charge in [0.15, 0.2) is 0 Å². The SMILES string of the molecule is CN(Cc1ccc(F)cc1F)C(=O)CCCNC(=O)c1cccs1. The van der Waals surface area contributed by atoms with Crippen LogP contribution in [0.15, 0.2) is 35.7 Å². The summed E-state index contributed by atoms with van der Waals surface area (Å²) in [6.07, 6.45) is 0.732. The van der Waals surface area contributed by atoms with Gasteiger partial charge >= 0.3 is 0 Å². The number of hydrogen-bond donors (Lipinski definition) is 1. The van der Waals surface area contributed by atoms with Gasteiger partial charge in [-0.2, -0.15) is 0 Å². The molecule has 1 N–H and O–H groups in total. The third-order valence-electron chi connectivity index (χ3n) is 3.45. The monoisotopic (exact) mass is 352 g/mol. The third kappa shape index (κ3) is 5.13. The number of thiophene rings is 1. The lowest BCUT2D eigenvalue weighted by Crippen LogP contribution is -2.28. The molecular weight excluding hydrogens is 334 g/mol. The molecule has 1 aromatic heterocycles. The average molecular weight is 352 g/mol. The Bertz CT molecular complexity index is 705. The number of nitrogens with one attached hydrogen (secondary N) is 1. The summed E-state index contributed by atoms with van der Waals surface area (Å²) in [6.45, 7) is 0.466. The minimum absolute atomic E-state index is 0.0759. The Kier molecular flexibility index (Phi) is 6.43. The molecular formula is C17H18F2N2O2S. The first-order valence-electron chi connectivity index (χ1n) is 7.47. The van der Waals surface area contributed by atoms with E-state index in [0.717, 1.165) is 12.1 Å². The lowest BCUT2D eigenvalue weighted by molar-refractivity contribution is -0.130. The minimum atomic E-state index is -0.669. The number of carbonyl (C=O) groups is 2. The van der Waals surface area contributed by atoms with Crippen LogP contribution in [0, 0.1) is 11.6 Å². The molecule has 128 valence electrons. The number of rotatable bonds is 7. The highest BCUT2D eigenvalue weighted by Crippen LogP contribution is 2.12. The Morgan fingerprint density at radius 2 is 2.04 bits per heavy atom. The van der Waals surface area contributed by atoms with Crippen molar-refractivity contribution in [1.29, 1.82) is 0 Å². The topological polar surface area (TPSA) is 49.4 Å². The van der Waals surface area contributed by atoms with Crippen molar-refractivity contribution in [2.45, 2.75) is 19.4 Å². The standard InChI is InChI=1S/C17H18F2N2O2S/c1-21(11-12-6-7-13(18)10-14(12)19)16(22)5-2-8-20-17(23)15-4-3-9-24-15/h3-4,6-7,9-10H,2,5,8,11H2,1H3,(H,20,23). The molecule has 7 heteroatoms.